The van der Waals surface area contributed by atoms with Gasteiger partial charge in [0.2, 0.25) is 5.91 Å². The maximum absolute atomic E-state index is 13.8. The second kappa shape index (κ2) is 10.3. The normalized spacial score (nSPS) is 29.1. The van der Waals surface area contributed by atoms with E-state index in [-0.39, 0.29) is 44.4 Å². The van der Waals surface area contributed by atoms with Gasteiger partial charge < -0.3 is 10.0 Å². The highest BCUT2D eigenvalue weighted by atomic mass is 19.3. The van der Waals surface area contributed by atoms with Gasteiger partial charge in [0, 0.05) is 57.0 Å². The van der Waals surface area contributed by atoms with Crippen molar-refractivity contribution in [3.63, 3.8) is 0 Å². The smallest absolute Gasteiger partial charge is 0.290 e. The predicted molar refractivity (Wildman–Crippen MR) is 116 cm³/mol. The maximum atomic E-state index is 13.8. The van der Waals surface area contributed by atoms with Crippen molar-refractivity contribution < 1.29 is 23.5 Å². The van der Waals surface area contributed by atoms with Gasteiger partial charge in [-0.3, -0.25) is 19.2 Å². The van der Waals surface area contributed by atoms with Crippen LogP contribution >= 0.6 is 0 Å². The third kappa shape index (κ3) is 5.30. The predicted octanol–water partition coefficient (Wildman–Crippen LogP) is 3.50. The molecule has 0 aromatic carbocycles. The molecular weight excluding hydrogens is 418 g/mol. The second-order valence-corrected chi connectivity index (χ2v) is 9.80. The van der Waals surface area contributed by atoms with E-state index in [1.807, 2.05) is 16.9 Å². The number of hydrogen-bond acceptors (Lipinski definition) is 4. The Hall–Kier alpha value is -2.03. The standard InChI is InChI=1S/C22H34F2N4O.CH2O2/c1-17(2)6-7-21(20(29)26-12-8-22(23,24)9-13-26)16-18-4-5-19(21)28(18)15-14-27-11-3-10-25-27;2-1-3/h3,10-11,17-19H,4-9,12-16H2,1-2H3;1H,(H,2,3)/t18-,19+,21+;/m1./s1. The van der Waals surface area contributed by atoms with Crippen molar-refractivity contribution in [2.75, 3.05) is 19.6 Å². The first-order chi connectivity index (χ1) is 15.2. The summed E-state index contributed by atoms with van der Waals surface area (Å²) in [6, 6.07) is 2.59. The largest absolute Gasteiger partial charge is 0.483 e. The first kappa shape index (κ1) is 24.6. The number of carboxylic acid groups (broad SMARTS) is 1. The monoisotopic (exact) mass is 454 g/mol. The van der Waals surface area contributed by atoms with Gasteiger partial charge >= 0.3 is 0 Å². The van der Waals surface area contributed by atoms with Crippen molar-refractivity contribution in [1.29, 1.82) is 0 Å². The Morgan fingerprint density at radius 1 is 1.25 bits per heavy atom. The van der Waals surface area contributed by atoms with E-state index in [4.69, 9.17) is 9.90 Å². The second-order valence-electron chi connectivity index (χ2n) is 9.80. The molecule has 180 valence electrons. The van der Waals surface area contributed by atoms with Gasteiger partial charge in [0.05, 0.1) is 12.0 Å². The molecule has 3 saturated heterocycles. The van der Waals surface area contributed by atoms with E-state index in [0.717, 1.165) is 45.2 Å². The Labute approximate surface area is 188 Å². The fourth-order valence-electron chi connectivity index (χ4n) is 5.80. The number of likely N-dealkylation sites (tertiary alicyclic amines) is 1. The zero-order chi connectivity index (χ0) is 23.4. The first-order valence-corrected chi connectivity index (χ1v) is 11.7. The van der Waals surface area contributed by atoms with Crippen LogP contribution in [-0.4, -0.2) is 74.7 Å². The van der Waals surface area contributed by atoms with Crippen LogP contribution in [0.2, 0.25) is 0 Å². The van der Waals surface area contributed by atoms with Crippen molar-refractivity contribution in [1.82, 2.24) is 19.6 Å². The molecular formula is C23H36F2N4O3. The zero-order valence-electron chi connectivity index (χ0n) is 19.1. The molecule has 9 heteroatoms. The number of carbonyl (C=O) groups is 2. The third-order valence-electron chi connectivity index (χ3n) is 7.40. The Balaban J connectivity index is 0.000000913. The number of carbonyl (C=O) groups excluding carboxylic acids is 1. The Kier molecular flexibility index (Phi) is 7.90. The summed E-state index contributed by atoms with van der Waals surface area (Å²) in [5.74, 6) is -1.95. The van der Waals surface area contributed by atoms with Gasteiger partial charge in [-0.1, -0.05) is 13.8 Å². The lowest BCUT2D eigenvalue weighted by atomic mass is 9.68. The summed E-state index contributed by atoms with van der Waals surface area (Å²) in [6.07, 6.45) is 8.31. The Morgan fingerprint density at radius 3 is 2.53 bits per heavy atom. The number of rotatable bonds is 7. The summed E-state index contributed by atoms with van der Waals surface area (Å²) < 4.78 is 29.3. The summed E-state index contributed by atoms with van der Waals surface area (Å²) in [4.78, 5) is 26.4. The maximum Gasteiger partial charge on any atom is 0.290 e. The quantitative estimate of drug-likeness (QED) is 0.638. The molecule has 4 rings (SSSR count). The number of hydrogen-bond donors (Lipinski definition) is 1. The van der Waals surface area contributed by atoms with Crippen LogP contribution in [0, 0.1) is 11.3 Å². The molecule has 0 unspecified atom stereocenters. The molecule has 0 radical (unpaired) electrons. The van der Waals surface area contributed by atoms with E-state index in [9.17, 15) is 13.6 Å². The van der Waals surface area contributed by atoms with Crippen molar-refractivity contribution in [3.8, 4) is 0 Å². The van der Waals surface area contributed by atoms with Gasteiger partial charge in [0.1, 0.15) is 0 Å². The van der Waals surface area contributed by atoms with Crippen LogP contribution in [0.1, 0.15) is 58.8 Å². The number of halogens is 2. The minimum absolute atomic E-state index is 0.143. The molecule has 2 bridgehead atoms. The van der Waals surface area contributed by atoms with Crippen LogP contribution < -0.4 is 0 Å². The number of aromatic nitrogens is 2. The number of nitrogens with zero attached hydrogens (tertiary/aromatic N) is 4. The molecule has 3 aliphatic heterocycles. The lowest BCUT2D eigenvalue weighted by molar-refractivity contribution is -0.151. The molecule has 3 fully saturated rings. The average molecular weight is 455 g/mol. The van der Waals surface area contributed by atoms with Gasteiger partial charge in [-0.2, -0.15) is 5.10 Å². The fourth-order valence-corrected chi connectivity index (χ4v) is 5.80. The molecule has 1 aromatic rings. The van der Waals surface area contributed by atoms with Gasteiger partial charge in [-0.15, -0.1) is 0 Å². The van der Waals surface area contributed by atoms with Crippen LogP contribution in [0.3, 0.4) is 0 Å². The molecule has 32 heavy (non-hydrogen) atoms. The highest BCUT2D eigenvalue weighted by Gasteiger charge is 2.60. The summed E-state index contributed by atoms with van der Waals surface area (Å²) in [5, 5.41) is 11.2. The molecule has 1 aromatic heterocycles. The minimum Gasteiger partial charge on any atom is -0.483 e. The van der Waals surface area contributed by atoms with Crippen LogP contribution in [0.15, 0.2) is 18.5 Å². The van der Waals surface area contributed by atoms with Crippen LogP contribution in [0.5, 0.6) is 0 Å². The van der Waals surface area contributed by atoms with Gasteiger partial charge in [0.15, 0.2) is 0 Å². The first-order valence-electron chi connectivity index (χ1n) is 11.7. The summed E-state index contributed by atoms with van der Waals surface area (Å²) in [5.41, 5.74) is -0.399. The summed E-state index contributed by atoms with van der Waals surface area (Å²) >= 11 is 0. The molecule has 4 heterocycles. The molecule has 0 aliphatic carbocycles. The van der Waals surface area contributed by atoms with Gasteiger partial charge in [-0.05, 0) is 44.1 Å². The number of amides is 1. The lowest BCUT2D eigenvalue weighted by Gasteiger charge is -2.43. The lowest BCUT2D eigenvalue weighted by Crippen LogP contribution is -2.54. The van der Waals surface area contributed by atoms with Crippen molar-refractivity contribution in [3.05, 3.63) is 18.5 Å². The van der Waals surface area contributed by atoms with E-state index in [0.29, 0.717) is 12.0 Å². The van der Waals surface area contributed by atoms with E-state index in [2.05, 4.69) is 23.8 Å². The third-order valence-corrected chi connectivity index (χ3v) is 7.40. The number of piperidine rings is 1. The SMILES string of the molecule is CC(C)CC[C@]1(C(=O)N2CCC(F)(F)CC2)C[C@H]2CC[C@@H]1N2CCn1cccn1.O=CO. The summed E-state index contributed by atoms with van der Waals surface area (Å²) in [7, 11) is 0. The van der Waals surface area contributed by atoms with Crippen molar-refractivity contribution in [2.24, 2.45) is 11.3 Å². The van der Waals surface area contributed by atoms with E-state index in [1.165, 1.54) is 0 Å². The van der Waals surface area contributed by atoms with Gasteiger partial charge in [0.25, 0.3) is 12.4 Å². The Morgan fingerprint density at radius 2 is 1.94 bits per heavy atom. The fraction of sp³-hybridized carbons (Fsp3) is 0.783. The molecule has 0 spiro atoms. The molecule has 0 saturated carbocycles. The van der Waals surface area contributed by atoms with Crippen LogP contribution in [0.25, 0.3) is 0 Å². The average Bonchev–Trinajstić information content (AvgIpc) is 3.46. The highest BCUT2D eigenvalue weighted by molar-refractivity contribution is 5.84. The number of fused-ring (bicyclic) bond motifs is 2. The minimum atomic E-state index is -2.62. The van der Waals surface area contributed by atoms with Crippen LogP contribution in [-0.2, 0) is 16.1 Å². The highest BCUT2D eigenvalue weighted by Crippen LogP contribution is 2.54. The van der Waals surface area contributed by atoms with E-state index < -0.39 is 11.3 Å². The number of alkyl halides is 2. The Bertz CT molecular complexity index is 748. The molecule has 3 atom stereocenters. The van der Waals surface area contributed by atoms with Crippen molar-refractivity contribution >= 4 is 12.4 Å². The molecule has 3 aliphatic rings. The van der Waals surface area contributed by atoms with Crippen molar-refractivity contribution in [2.45, 2.75) is 83.3 Å². The topological polar surface area (TPSA) is 78.7 Å². The van der Waals surface area contributed by atoms with Crippen LogP contribution in [0.4, 0.5) is 8.78 Å². The molecule has 7 nitrogen and oxygen atoms in total. The molecule has 1 amide bonds. The zero-order valence-corrected chi connectivity index (χ0v) is 19.1. The van der Waals surface area contributed by atoms with Gasteiger partial charge in [-0.25, -0.2) is 8.78 Å². The van der Waals surface area contributed by atoms with E-state index in [1.54, 1.807) is 11.1 Å². The molecule has 1 N–H and O–H groups in total. The summed E-state index contributed by atoms with van der Waals surface area (Å²) in [6.45, 7) is 6.25. The van der Waals surface area contributed by atoms with E-state index >= 15 is 0 Å².